The SMILES string of the molecule is COc1cc(C=C2SC(=S)N(CCCC(=O)O)C2=O)cc2c1OCO2. The highest BCUT2D eigenvalue weighted by Crippen LogP contribution is 2.43. The third-order valence-corrected chi connectivity index (χ3v) is 5.00. The molecule has 9 heteroatoms. The van der Waals surface area contributed by atoms with Gasteiger partial charge in [-0.2, -0.15) is 0 Å². The lowest BCUT2D eigenvalue weighted by atomic mass is 10.1. The molecule has 0 unspecified atom stereocenters. The number of benzene rings is 1. The molecular weight excluding hydrogens is 366 g/mol. The van der Waals surface area contributed by atoms with Crippen molar-refractivity contribution in [2.75, 3.05) is 20.4 Å². The Morgan fingerprint density at radius 1 is 1.48 bits per heavy atom. The number of carboxylic acid groups (broad SMARTS) is 1. The van der Waals surface area contributed by atoms with Gasteiger partial charge in [-0.3, -0.25) is 14.5 Å². The summed E-state index contributed by atoms with van der Waals surface area (Å²) in [5.74, 6) is 0.507. The quantitative estimate of drug-likeness (QED) is 0.594. The molecule has 0 atom stereocenters. The van der Waals surface area contributed by atoms with Gasteiger partial charge in [0.25, 0.3) is 5.91 Å². The standard InChI is InChI=1S/C16H15NO6S2/c1-21-10-5-9(6-11-14(10)23-8-22-11)7-12-15(20)17(16(24)25-12)4-2-3-13(18)19/h5-7H,2-4,8H2,1H3,(H,18,19). The molecule has 1 N–H and O–H groups in total. The van der Waals surface area contributed by atoms with Crippen molar-refractivity contribution in [3.8, 4) is 17.2 Å². The highest BCUT2D eigenvalue weighted by Gasteiger charge is 2.32. The summed E-state index contributed by atoms with van der Waals surface area (Å²) < 4.78 is 16.4. The Kier molecular flexibility index (Phi) is 5.14. The summed E-state index contributed by atoms with van der Waals surface area (Å²) in [4.78, 5) is 25.0. The largest absolute Gasteiger partial charge is 0.493 e. The van der Waals surface area contributed by atoms with Gasteiger partial charge in [0.15, 0.2) is 11.5 Å². The highest BCUT2D eigenvalue weighted by atomic mass is 32.2. The fourth-order valence-electron chi connectivity index (χ4n) is 2.47. The van der Waals surface area contributed by atoms with E-state index in [9.17, 15) is 9.59 Å². The van der Waals surface area contributed by atoms with E-state index in [1.54, 1.807) is 18.2 Å². The number of amides is 1. The second-order valence-electron chi connectivity index (χ2n) is 5.29. The van der Waals surface area contributed by atoms with E-state index in [0.717, 1.165) is 5.56 Å². The molecule has 25 heavy (non-hydrogen) atoms. The van der Waals surface area contributed by atoms with Gasteiger partial charge < -0.3 is 19.3 Å². The first-order valence-electron chi connectivity index (χ1n) is 7.44. The molecule has 0 aromatic heterocycles. The molecule has 1 saturated heterocycles. The molecule has 0 spiro atoms. The summed E-state index contributed by atoms with van der Waals surface area (Å²) in [6.07, 6.45) is 2.06. The normalized spacial score (nSPS) is 17.5. The van der Waals surface area contributed by atoms with Gasteiger partial charge in [0.1, 0.15) is 4.32 Å². The summed E-state index contributed by atoms with van der Waals surface area (Å²) >= 11 is 6.42. The Balaban J connectivity index is 1.79. The summed E-state index contributed by atoms with van der Waals surface area (Å²) in [5.41, 5.74) is 0.729. The van der Waals surface area contributed by atoms with Crippen molar-refractivity contribution >= 4 is 46.3 Å². The Morgan fingerprint density at radius 3 is 3.00 bits per heavy atom. The molecule has 2 aliphatic heterocycles. The number of nitrogens with zero attached hydrogens (tertiary/aromatic N) is 1. The van der Waals surface area contributed by atoms with Gasteiger partial charge in [0, 0.05) is 13.0 Å². The zero-order valence-corrected chi connectivity index (χ0v) is 14.9. The summed E-state index contributed by atoms with van der Waals surface area (Å²) in [7, 11) is 1.53. The first-order chi connectivity index (χ1) is 12.0. The van der Waals surface area contributed by atoms with Crippen LogP contribution in [0.2, 0.25) is 0 Å². The number of methoxy groups -OCH3 is 1. The summed E-state index contributed by atoms with van der Waals surface area (Å²) in [6.45, 7) is 0.416. The van der Waals surface area contributed by atoms with Gasteiger partial charge in [-0.25, -0.2) is 0 Å². The fourth-order valence-corrected chi connectivity index (χ4v) is 3.77. The van der Waals surface area contributed by atoms with Gasteiger partial charge in [-0.05, 0) is 30.2 Å². The van der Waals surface area contributed by atoms with Crippen LogP contribution in [0.15, 0.2) is 17.0 Å². The zero-order valence-electron chi connectivity index (χ0n) is 13.3. The summed E-state index contributed by atoms with van der Waals surface area (Å²) in [6, 6.07) is 3.52. The minimum absolute atomic E-state index is 0.00450. The van der Waals surface area contributed by atoms with Crippen LogP contribution in [0.5, 0.6) is 17.2 Å². The molecule has 1 fully saturated rings. The number of carbonyl (C=O) groups excluding carboxylic acids is 1. The van der Waals surface area contributed by atoms with Crippen LogP contribution in [0.4, 0.5) is 0 Å². The number of carboxylic acids is 1. The van der Waals surface area contributed by atoms with Crippen LogP contribution in [0, 0.1) is 0 Å². The Labute approximate surface area is 153 Å². The third kappa shape index (κ3) is 3.72. The van der Waals surface area contributed by atoms with Crippen LogP contribution in [-0.4, -0.2) is 46.7 Å². The number of fused-ring (bicyclic) bond motifs is 1. The molecular formula is C16H15NO6S2. The highest BCUT2D eigenvalue weighted by molar-refractivity contribution is 8.26. The second kappa shape index (κ2) is 7.32. The topological polar surface area (TPSA) is 85.3 Å². The van der Waals surface area contributed by atoms with Crippen LogP contribution in [0.1, 0.15) is 18.4 Å². The van der Waals surface area contributed by atoms with Gasteiger partial charge in [0.05, 0.1) is 12.0 Å². The number of ether oxygens (including phenoxy) is 3. The van der Waals surface area contributed by atoms with Gasteiger partial charge in [0.2, 0.25) is 12.5 Å². The van der Waals surface area contributed by atoms with E-state index >= 15 is 0 Å². The first-order valence-corrected chi connectivity index (χ1v) is 8.67. The van der Waals surface area contributed by atoms with Crippen molar-refractivity contribution < 1.29 is 28.9 Å². The lowest BCUT2D eigenvalue weighted by Crippen LogP contribution is -2.29. The van der Waals surface area contributed by atoms with E-state index in [1.165, 1.54) is 23.8 Å². The number of thioether (sulfide) groups is 1. The van der Waals surface area contributed by atoms with Crippen LogP contribution in [0.25, 0.3) is 6.08 Å². The first kappa shape index (κ1) is 17.6. The van der Waals surface area contributed by atoms with Crippen molar-refractivity contribution in [2.24, 2.45) is 0 Å². The predicted octanol–water partition coefficient (Wildman–Crippen LogP) is 2.49. The molecule has 3 rings (SSSR count). The van der Waals surface area contributed by atoms with Crippen LogP contribution >= 0.6 is 24.0 Å². The molecule has 2 aliphatic rings. The molecule has 2 heterocycles. The van der Waals surface area contributed by atoms with Crippen molar-refractivity contribution in [1.82, 2.24) is 4.90 Å². The van der Waals surface area contributed by atoms with Gasteiger partial charge in [-0.1, -0.05) is 24.0 Å². The number of rotatable bonds is 6. The number of hydrogen-bond acceptors (Lipinski definition) is 7. The van der Waals surface area contributed by atoms with E-state index in [2.05, 4.69) is 0 Å². The molecule has 1 aromatic rings. The van der Waals surface area contributed by atoms with Crippen molar-refractivity contribution in [2.45, 2.75) is 12.8 Å². The van der Waals surface area contributed by atoms with E-state index in [-0.39, 0.29) is 19.1 Å². The average Bonchev–Trinajstić information content (AvgIpc) is 3.13. The Hall–Kier alpha value is -2.26. The fraction of sp³-hybridized carbons (Fsp3) is 0.312. The number of thiocarbonyl (C=S) groups is 1. The zero-order chi connectivity index (χ0) is 18.0. The van der Waals surface area contributed by atoms with Crippen molar-refractivity contribution in [3.05, 3.63) is 22.6 Å². The molecule has 0 radical (unpaired) electrons. The average molecular weight is 381 g/mol. The van der Waals surface area contributed by atoms with Crippen molar-refractivity contribution in [3.63, 3.8) is 0 Å². The number of carbonyl (C=O) groups is 2. The van der Waals surface area contributed by atoms with Crippen LogP contribution in [0.3, 0.4) is 0 Å². The molecule has 0 aliphatic carbocycles. The second-order valence-corrected chi connectivity index (χ2v) is 6.96. The molecule has 0 saturated carbocycles. The van der Waals surface area contributed by atoms with E-state index < -0.39 is 5.97 Å². The minimum Gasteiger partial charge on any atom is -0.493 e. The third-order valence-electron chi connectivity index (χ3n) is 3.62. The molecule has 1 aromatic carbocycles. The maximum Gasteiger partial charge on any atom is 0.303 e. The smallest absolute Gasteiger partial charge is 0.303 e. The number of aliphatic carboxylic acids is 1. The lowest BCUT2D eigenvalue weighted by Gasteiger charge is -2.13. The van der Waals surface area contributed by atoms with Crippen molar-refractivity contribution in [1.29, 1.82) is 0 Å². The summed E-state index contributed by atoms with van der Waals surface area (Å²) in [5, 5.41) is 8.71. The van der Waals surface area contributed by atoms with E-state index in [4.69, 9.17) is 31.5 Å². The Bertz CT molecular complexity index is 776. The molecule has 7 nitrogen and oxygen atoms in total. The molecule has 0 bridgehead atoms. The minimum atomic E-state index is -0.895. The monoisotopic (exact) mass is 381 g/mol. The lowest BCUT2D eigenvalue weighted by molar-refractivity contribution is -0.137. The van der Waals surface area contributed by atoms with Gasteiger partial charge in [-0.15, -0.1) is 0 Å². The maximum absolute atomic E-state index is 12.5. The van der Waals surface area contributed by atoms with E-state index in [0.29, 0.717) is 39.4 Å². The molecule has 1 amide bonds. The van der Waals surface area contributed by atoms with E-state index in [1.807, 2.05) is 0 Å². The molecule has 132 valence electrons. The maximum atomic E-state index is 12.5. The predicted molar refractivity (Wildman–Crippen MR) is 95.9 cm³/mol. The number of hydrogen-bond donors (Lipinski definition) is 1. The van der Waals surface area contributed by atoms with Gasteiger partial charge >= 0.3 is 5.97 Å². The Morgan fingerprint density at radius 2 is 2.28 bits per heavy atom. The van der Waals surface area contributed by atoms with Crippen LogP contribution < -0.4 is 14.2 Å². The van der Waals surface area contributed by atoms with Crippen LogP contribution in [-0.2, 0) is 9.59 Å².